The van der Waals surface area contributed by atoms with Crippen molar-refractivity contribution in [3.8, 4) is 17.2 Å². The molecule has 32 heavy (non-hydrogen) atoms. The highest BCUT2D eigenvalue weighted by molar-refractivity contribution is 8.18. The molecule has 1 fully saturated rings. The molecule has 168 valence electrons. The Morgan fingerprint density at radius 2 is 1.62 bits per heavy atom. The number of methoxy groups -OCH3 is 3. The van der Waals surface area contributed by atoms with Crippen LogP contribution in [0.15, 0.2) is 35.2 Å². The monoisotopic (exact) mass is 456 g/mol. The van der Waals surface area contributed by atoms with E-state index in [1.807, 2.05) is 32.0 Å². The Hall–Kier alpha value is -3.46. The molecule has 3 rings (SSSR count). The van der Waals surface area contributed by atoms with Gasteiger partial charge in [0.05, 0.1) is 26.2 Å². The van der Waals surface area contributed by atoms with E-state index in [0.717, 1.165) is 27.8 Å². The molecule has 2 aromatic carbocycles. The van der Waals surface area contributed by atoms with Gasteiger partial charge in [0.15, 0.2) is 11.5 Å². The zero-order chi connectivity index (χ0) is 23.4. The van der Waals surface area contributed by atoms with Gasteiger partial charge in [-0.1, -0.05) is 18.2 Å². The molecule has 1 N–H and O–H groups in total. The highest BCUT2D eigenvalue weighted by Crippen LogP contribution is 2.40. The summed E-state index contributed by atoms with van der Waals surface area (Å²) in [7, 11) is 4.47. The van der Waals surface area contributed by atoms with Gasteiger partial charge < -0.3 is 19.5 Å². The molecule has 0 spiro atoms. The number of ether oxygens (including phenoxy) is 3. The highest BCUT2D eigenvalue weighted by Gasteiger charge is 2.36. The average Bonchev–Trinajstić information content (AvgIpc) is 3.02. The first-order chi connectivity index (χ1) is 15.3. The van der Waals surface area contributed by atoms with Crippen molar-refractivity contribution < 1.29 is 28.6 Å². The number of amides is 3. The number of anilines is 1. The Morgan fingerprint density at radius 3 is 2.16 bits per heavy atom. The second-order valence-electron chi connectivity index (χ2n) is 7.04. The molecular weight excluding hydrogens is 432 g/mol. The largest absolute Gasteiger partial charge is 0.493 e. The van der Waals surface area contributed by atoms with Gasteiger partial charge in [0, 0.05) is 5.69 Å². The quantitative estimate of drug-likeness (QED) is 0.629. The van der Waals surface area contributed by atoms with E-state index in [4.69, 9.17) is 14.2 Å². The highest BCUT2D eigenvalue weighted by atomic mass is 32.2. The summed E-state index contributed by atoms with van der Waals surface area (Å²) < 4.78 is 15.9. The summed E-state index contributed by atoms with van der Waals surface area (Å²) in [5, 5.41) is 2.28. The third-order valence-corrected chi connectivity index (χ3v) is 5.81. The van der Waals surface area contributed by atoms with Gasteiger partial charge in [-0.05, 0) is 60.5 Å². The van der Waals surface area contributed by atoms with E-state index in [-0.39, 0.29) is 11.4 Å². The second kappa shape index (κ2) is 9.78. The Kier molecular flexibility index (Phi) is 7.09. The smallest absolute Gasteiger partial charge is 0.294 e. The van der Waals surface area contributed by atoms with Crippen molar-refractivity contribution >= 4 is 40.6 Å². The second-order valence-corrected chi connectivity index (χ2v) is 8.03. The Morgan fingerprint density at radius 1 is 1.03 bits per heavy atom. The predicted molar refractivity (Wildman–Crippen MR) is 123 cm³/mol. The fourth-order valence-electron chi connectivity index (χ4n) is 3.31. The fourth-order valence-corrected chi connectivity index (χ4v) is 4.14. The summed E-state index contributed by atoms with van der Waals surface area (Å²) in [5.41, 5.74) is 3.06. The normalized spacial score (nSPS) is 14.7. The minimum atomic E-state index is -0.537. The number of rotatable bonds is 7. The lowest BCUT2D eigenvalue weighted by molar-refractivity contribution is -0.127. The summed E-state index contributed by atoms with van der Waals surface area (Å²) in [6.07, 6.45) is 1.55. The van der Waals surface area contributed by atoms with Crippen molar-refractivity contribution in [3.63, 3.8) is 0 Å². The van der Waals surface area contributed by atoms with Gasteiger partial charge in [-0.2, -0.15) is 0 Å². The predicted octanol–water partition coefficient (Wildman–Crippen LogP) is 4.00. The lowest BCUT2D eigenvalue weighted by Crippen LogP contribution is -2.36. The first-order valence-corrected chi connectivity index (χ1v) is 10.5. The van der Waals surface area contributed by atoms with Crippen LogP contribution in [0.1, 0.15) is 16.7 Å². The third kappa shape index (κ3) is 4.72. The maximum atomic E-state index is 12.8. The standard InChI is InChI=1S/C23H24N2O6S/c1-13-7-6-8-14(2)20(13)24-19(26)12-25-22(27)18(32-23(25)28)11-15-9-16(29-3)21(31-5)17(10-15)30-4/h6-11H,12H2,1-5H3,(H,24,26)/b18-11+. The first kappa shape index (κ1) is 23.2. The van der Waals surface area contributed by atoms with Gasteiger partial charge in [0.25, 0.3) is 11.1 Å². The molecule has 9 heteroatoms. The molecule has 3 amide bonds. The summed E-state index contributed by atoms with van der Waals surface area (Å²) in [6.45, 7) is 3.39. The number of nitrogens with zero attached hydrogens (tertiary/aromatic N) is 1. The molecule has 1 heterocycles. The van der Waals surface area contributed by atoms with Crippen molar-refractivity contribution in [2.24, 2.45) is 0 Å². The molecule has 0 aromatic heterocycles. The zero-order valence-corrected chi connectivity index (χ0v) is 19.3. The third-order valence-electron chi connectivity index (χ3n) is 4.91. The molecule has 0 aliphatic carbocycles. The number of carbonyl (C=O) groups is 3. The molecule has 0 atom stereocenters. The van der Waals surface area contributed by atoms with Gasteiger partial charge >= 0.3 is 0 Å². The summed E-state index contributed by atoms with van der Waals surface area (Å²) in [6, 6.07) is 8.99. The van der Waals surface area contributed by atoms with Crippen LogP contribution in [0.4, 0.5) is 10.5 Å². The average molecular weight is 457 g/mol. The summed E-state index contributed by atoms with van der Waals surface area (Å²) in [5.74, 6) is 0.281. The number of thioether (sulfide) groups is 1. The molecular formula is C23H24N2O6S. The van der Waals surface area contributed by atoms with E-state index in [2.05, 4.69) is 5.32 Å². The van der Waals surface area contributed by atoms with Gasteiger partial charge in [-0.25, -0.2) is 0 Å². The number of carbonyl (C=O) groups excluding carboxylic acids is 3. The van der Waals surface area contributed by atoms with Crippen molar-refractivity contribution in [1.82, 2.24) is 4.90 Å². The van der Waals surface area contributed by atoms with E-state index in [0.29, 0.717) is 28.5 Å². The van der Waals surface area contributed by atoms with E-state index in [9.17, 15) is 14.4 Å². The van der Waals surface area contributed by atoms with Gasteiger partial charge in [-0.15, -0.1) is 0 Å². The van der Waals surface area contributed by atoms with E-state index >= 15 is 0 Å². The van der Waals surface area contributed by atoms with Crippen LogP contribution in [-0.4, -0.2) is 49.8 Å². The van der Waals surface area contributed by atoms with Gasteiger partial charge in [-0.3, -0.25) is 19.3 Å². The van der Waals surface area contributed by atoms with Gasteiger partial charge in [0.2, 0.25) is 11.7 Å². The molecule has 2 aromatic rings. The molecule has 1 saturated heterocycles. The number of para-hydroxylation sites is 1. The van der Waals surface area contributed by atoms with Crippen LogP contribution in [0.2, 0.25) is 0 Å². The number of aryl methyl sites for hydroxylation is 2. The van der Waals surface area contributed by atoms with Crippen LogP contribution in [-0.2, 0) is 9.59 Å². The van der Waals surface area contributed by atoms with Crippen LogP contribution >= 0.6 is 11.8 Å². The van der Waals surface area contributed by atoms with Crippen molar-refractivity contribution in [3.05, 3.63) is 51.9 Å². The van der Waals surface area contributed by atoms with Crippen LogP contribution in [0.5, 0.6) is 17.2 Å². The van der Waals surface area contributed by atoms with Crippen molar-refractivity contribution in [2.75, 3.05) is 33.2 Å². The maximum absolute atomic E-state index is 12.8. The first-order valence-electron chi connectivity index (χ1n) is 9.70. The Balaban J connectivity index is 1.80. The Labute approximate surface area is 190 Å². The van der Waals surface area contributed by atoms with Crippen LogP contribution in [0.3, 0.4) is 0 Å². The lowest BCUT2D eigenvalue weighted by Gasteiger charge is -2.15. The van der Waals surface area contributed by atoms with Crippen LogP contribution < -0.4 is 19.5 Å². The molecule has 1 aliphatic heterocycles. The number of nitrogens with one attached hydrogen (secondary N) is 1. The Bertz CT molecular complexity index is 1070. The molecule has 8 nitrogen and oxygen atoms in total. The molecule has 0 saturated carbocycles. The molecule has 1 aliphatic rings. The number of benzene rings is 2. The molecule has 0 unspecified atom stereocenters. The van der Waals surface area contributed by atoms with Crippen molar-refractivity contribution in [2.45, 2.75) is 13.8 Å². The van der Waals surface area contributed by atoms with E-state index in [1.165, 1.54) is 21.3 Å². The van der Waals surface area contributed by atoms with Gasteiger partial charge in [0.1, 0.15) is 6.54 Å². The van der Waals surface area contributed by atoms with Crippen LogP contribution in [0, 0.1) is 13.8 Å². The van der Waals surface area contributed by atoms with Crippen LogP contribution in [0.25, 0.3) is 6.08 Å². The number of hydrogen-bond acceptors (Lipinski definition) is 7. The minimum Gasteiger partial charge on any atom is -0.493 e. The number of imide groups is 1. The maximum Gasteiger partial charge on any atom is 0.294 e. The SMILES string of the molecule is COc1cc(/C=C2/SC(=O)N(CC(=O)Nc3c(C)cccc3C)C2=O)cc(OC)c1OC. The lowest BCUT2D eigenvalue weighted by atomic mass is 10.1. The van der Waals surface area contributed by atoms with E-state index in [1.54, 1.807) is 18.2 Å². The minimum absolute atomic E-state index is 0.198. The number of hydrogen-bond donors (Lipinski definition) is 1. The molecule has 0 bridgehead atoms. The molecule has 0 radical (unpaired) electrons. The zero-order valence-electron chi connectivity index (χ0n) is 18.5. The summed E-state index contributed by atoms with van der Waals surface area (Å²) in [4.78, 5) is 38.9. The van der Waals surface area contributed by atoms with E-state index < -0.39 is 17.1 Å². The fraction of sp³-hybridized carbons (Fsp3) is 0.261. The van der Waals surface area contributed by atoms with Crippen molar-refractivity contribution in [1.29, 1.82) is 0 Å². The summed E-state index contributed by atoms with van der Waals surface area (Å²) >= 11 is 0.774. The topological polar surface area (TPSA) is 94.2 Å².